The molecule has 0 radical (unpaired) electrons. The Bertz CT molecular complexity index is 1000. The van der Waals surface area contributed by atoms with Crippen molar-refractivity contribution in [3.63, 3.8) is 0 Å². The van der Waals surface area contributed by atoms with Crippen molar-refractivity contribution >= 4 is 23.9 Å². The smallest absolute Gasteiger partial charge is 0.338 e. The first-order valence-corrected chi connectivity index (χ1v) is 11.0. The molecule has 0 aliphatic carbocycles. The average Bonchev–Trinajstić information content (AvgIpc) is 3.11. The summed E-state index contributed by atoms with van der Waals surface area (Å²) in [7, 11) is 0. The van der Waals surface area contributed by atoms with E-state index in [1.807, 2.05) is 0 Å². The van der Waals surface area contributed by atoms with Crippen LogP contribution < -0.4 is 0 Å². The van der Waals surface area contributed by atoms with Crippen LogP contribution in [0.25, 0.3) is 0 Å². The van der Waals surface area contributed by atoms with Crippen molar-refractivity contribution in [2.24, 2.45) is 0 Å². The molecule has 0 aromatic carbocycles. The molecule has 0 aromatic heterocycles. The molecule has 0 spiro atoms. The van der Waals surface area contributed by atoms with Gasteiger partial charge in [0.25, 0.3) is 0 Å². The predicted octanol–water partition coefficient (Wildman–Crippen LogP) is 1.80. The van der Waals surface area contributed by atoms with Crippen molar-refractivity contribution in [2.75, 3.05) is 6.61 Å². The van der Waals surface area contributed by atoms with Gasteiger partial charge < -0.3 is 28.8 Å². The largest absolute Gasteiger partial charge is 0.461 e. The first kappa shape index (κ1) is 25.6. The molecule has 186 valence electrons. The molecule has 3 aliphatic heterocycles. The van der Waals surface area contributed by atoms with Gasteiger partial charge in [0, 0.05) is 38.3 Å². The molecule has 34 heavy (non-hydrogen) atoms. The van der Waals surface area contributed by atoms with E-state index in [4.69, 9.17) is 23.7 Å². The van der Waals surface area contributed by atoms with E-state index in [-0.39, 0.29) is 30.6 Å². The van der Waals surface area contributed by atoms with Crippen molar-refractivity contribution in [2.45, 2.75) is 84.1 Å². The zero-order chi connectivity index (χ0) is 25.4. The second kappa shape index (κ2) is 9.34. The van der Waals surface area contributed by atoms with Gasteiger partial charge in [-0.3, -0.25) is 9.59 Å². The number of aliphatic hydroxyl groups is 1. The molecule has 0 amide bonds. The fourth-order valence-electron chi connectivity index (χ4n) is 4.45. The van der Waals surface area contributed by atoms with Crippen LogP contribution in [0.1, 0.15) is 54.4 Å². The molecule has 3 rings (SSSR count). The average molecular weight is 478 g/mol. The van der Waals surface area contributed by atoms with Crippen molar-refractivity contribution in [3.8, 4) is 0 Å². The normalized spacial score (nSPS) is 33.9. The maximum Gasteiger partial charge on any atom is 0.338 e. The summed E-state index contributed by atoms with van der Waals surface area (Å²) in [6, 6.07) is 0. The number of carbonyl (C=O) groups is 4. The van der Waals surface area contributed by atoms with Gasteiger partial charge in [0.1, 0.15) is 24.4 Å². The van der Waals surface area contributed by atoms with Crippen LogP contribution in [-0.2, 0) is 42.9 Å². The van der Waals surface area contributed by atoms with Gasteiger partial charge in [0.05, 0.1) is 11.7 Å². The van der Waals surface area contributed by atoms with Gasteiger partial charge in [0.2, 0.25) is 5.79 Å². The molecule has 1 fully saturated rings. The molecule has 0 unspecified atom stereocenters. The monoisotopic (exact) mass is 478 g/mol. The Morgan fingerprint density at radius 2 is 1.85 bits per heavy atom. The first-order valence-electron chi connectivity index (χ1n) is 11.0. The highest BCUT2D eigenvalue weighted by atomic mass is 16.7. The lowest BCUT2D eigenvalue weighted by molar-refractivity contribution is -0.227. The van der Waals surface area contributed by atoms with Crippen molar-refractivity contribution < 1.29 is 48.0 Å². The van der Waals surface area contributed by atoms with Crippen LogP contribution in [0.3, 0.4) is 0 Å². The number of carbonyl (C=O) groups excluding carboxylic acids is 4. The van der Waals surface area contributed by atoms with Crippen LogP contribution in [0, 0.1) is 0 Å². The van der Waals surface area contributed by atoms with E-state index in [0.29, 0.717) is 11.1 Å². The molecule has 3 heterocycles. The number of hydrogen-bond acceptors (Lipinski definition) is 10. The Morgan fingerprint density at radius 3 is 2.44 bits per heavy atom. The van der Waals surface area contributed by atoms with Crippen molar-refractivity contribution in [1.29, 1.82) is 0 Å². The van der Waals surface area contributed by atoms with Gasteiger partial charge in [-0.1, -0.05) is 5.57 Å². The predicted molar refractivity (Wildman–Crippen MR) is 116 cm³/mol. The molecule has 10 nitrogen and oxygen atoms in total. The van der Waals surface area contributed by atoms with Gasteiger partial charge in [0.15, 0.2) is 0 Å². The maximum atomic E-state index is 12.7. The van der Waals surface area contributed by atoms with Crippen molar-refractivity contribution in [1.82, 2.24) is 0 Å². The fourth-order valence-corrected chi connectivity index (χ4v) is 4.45. The molecule has 0 aromatic rings. The van der Waals surface area contributed by atoms with Crippen LogP contribution in [-0.4, -0.2) is 65.3 Å². The number of ether oxygens (including phenoxy) is 5. The molecular formula is C24H30O10. The van der Waals surface area contributed by atoms with Crippen molar-refractivity contribution in [3.05, 3.63) is 34.4 Å². The Balaban J connectivity index is 2.19. The van der Waals surface area contributed by atoms with E-state index in [0.717, 1.165) is 0 Å². The third kappa shape index (κ3) is 5.07. The molecule has 0 saturated carbocycles. The third-order valence-corrected chi connectivity index (χ3v) is 6.03. The number of allylic oxidation sites excluding steroid dienone is 1. The van der Waals surface area contributed by atoms with Crippen LogP contribution in [0.2, 0.25) is 0 Å². The number of hydrogen-bond donors (Lipinski definition) is 1. The topological polar surface area (TPSA) is 135 Å². The Hall–Kier alpha value is -2.98. The number of aliphatic hydroxyl groups excluding tert-OH is 1. The summed E-state index contributed by atoms with van der Waals surface area (Å²) >= 11 is 0. The van der Waals surface area contributed by atoms with E-state index in [1.54, 1.807) is 27.7 Å². The number of esters is 4. The summed E-state index contributed by atoms with van der Waals surface area (Å²) in [5.41, 5.74) is 0.115. The minimum atomic E-state index is -1.60. The lowest BCUT2D eigenvalue weighted by Gasteiger charge is -2.33. The zero-order valence-corrected chi connectivity index (χ0v) is 20.1. The molecule has 1 saturated heterocycles. The van der Waals surface area contributed by atoms with E-state index >= 15 is 0 Å². The minimum Gasteiger partial charge on any atom is -0.461 e. The molecule has 3 aliphatic rings. The summed E-state index contributed by atoms with van der Waals surface area (Å²) in [5.74, 6) is -4.21. The summed E-state index contributed by atoms with van der Waals surface area (Å²) in [5, 5.41) is 10.9. The highest BCUT2D eigenvalue weighted by molar-refractivity contribution is 5.93. The maximum absolute atomic E-state index is 12.7. The molecule has 5 atom stereocenters. The first-order chi connectivity index (χ1) is 15.8. The highest BCUT2D eigenvalue weighted by Gasteiger charge is 2.59. The van der Waals surface area contributed by atoms with Crippen LogP contribution in [0.4, 0.5) is 0 Å². The molecular weight excluding hydrogens is 448 g/mol. The summed E-state index contributed by atoms with van der Waals surface area (Å²) < 4.78 is 28.0. The summed E-state index contributed by atoms with van der Waals surface area (Å²) in [4.78, 5) is 48.6. The highest BCUT2D eigenvalue weighted by Crippen LogP contribution is 2.49. The van der Waals surface area contributed by atoms with E-state index in [1.165, 1.54) is 26.0 Å². The third-order valence-electron chi connectivity index (χ3n) is 6.03. The van der Waals surface area contributed by atoms with Crippen LogP contribution in [0.15, 0.2) is 34.4 Å². The van der Waals surface area contributed by atoms with Gasteiger partial charge in [-0.05, 0) is 39.3 Å². The van der Waals surface area contributed by atoms with E-state index in [2.05, 4.69) is 0 Å². The van der Waals surface area contributed by atoms with Gasteiger partial charge >= 0.3 is 23.9 Å². The van der Waals surface area contributed by atoms with Crippen LogP contribution in [0.5, 0.6) is 0 Å². The Kier molecular flexibility index (Phi) is 7.05. The fraction of sp³-hybridized carbons (Fsp3) is 0.583. The molecule has 10 heteroatoms. The number of rotatable bonds is 5. The number of fused-ring (bicyclic) bond motifs is 3. The Labute approximate surface area is 197 Å². The summed E-state index contributed by atoms with van der Waals surface area (Å²) in [6.07, 6.45) is -0.387. The molecule has 2 bridgehead atoms. The SMILES string of the molecule is CC(=O)OCC1=C2[C@H](C[C@]3(C)O[C@@](OC(C)=O)(C[C@@H]3O)/C(C)=C\[C@H]2OC(=O)C=C(C)C)OC1=O. The second-order valence-electron chi connectivity index (χ2n) is 9.22. The lowest BCUT2D eigenvalue weighted by atomic mass is 9.84. The van der Waals surface area contributed by atoms with E-state index in [9.17, 15) is 24.3 Å². The second-order valence-corrected chi connectivity index (χ2v) is 9.22. The quantitative estimate of drug-likeness (QED) is 0.270. The molecule has 1 N–H and O–H groups in total. The van der Waals surface area contributed by atoms with Gasteiger partial charge in [-0.25, -0.2) is 9.59 Å². The summed E-state index contributed by atoms with van der Waals surface area (Å²) in [6.45, 7) is 8.75. The minimum absolute atomic E-state index is 0.0142. The van der Waals surface area contributed by atoms with Gasteiger partial charge in [-0.2, -0.15) is 0 Å². The van der Waals surface area contributed by atoms with E-state index < -0.39 is 53.6 Å². The van der Waals surface area contributed by atoms with Crippen LogP contribution >= 0.6 is 0 Å². The van der Waals surface area contributed by atoms with Gasteiger partial charge in [-0.15, -0.1) is 0 Å². The standard InChI is InChI=1S/C24H30O10/c1-12(2)7-20(28)31-17-8-13(3)24(33-15(5)26)10-19(27)23(6,34-24)9-18-21(17)16(22(29)32-18)11-30-14(4)25/h7-8,17-19,27H,9-11H2,1-6H3/b13-8-/t17-,18+,19+,23+,24+/m1/s1. The lowest BCUT2D eigenvalue weighted by Crippen LogP contribution is -2.42. The Morgan fingerprint density at radius 1 is 1.18 bits per heavy atom. The zero-order valence-electron chi connectivity index (χ0n) is 20.1.